The molecular weight excluding hydrogens is 436 g/mol. The minimum Gasteiger partial charge on any atom is -0.492 e. The van der Waals surface area contributed by atoms with Gasteiger partial charge in [0.25, 0.3) is 5.91 Å². The summed E-state index contributed by atoms with van der Waals surface area (Å²) in [6.45, 7) is 8.55. The summed E-state index contributed by atoms with van der Waals surface area (Å²) < 4.78 is 11.3. The van der Waals surface area contributed by atoms with Crippen LogP contribution in [0.25, 0.3) is 21.8 Å². The summed E-state index contributed by atoms with van der Waals surface area (Å²) >= 11 is 1.45. The van der Waals surface area contributed by atoms with Crippen LogP contribution in [-0.4, -0.2) is 65.0 Å². The van der Waals surface area contributed by atoms with Gasteiger partial charge in [0.05, 0.1) is 16.8 Å². The first-order valence-electron chi connectivity index (χ1n) is 11.1. The van der Waals surface area contributed by atoms with E-state index in [9.17, 15) is 4.79 Å². The average Bonchev–Trinajstić information content (AvgIpc) is 3.48. The van der Waals surface area contributed by atoms with E-state index in [0.29, 0.717) is 31.3 Å². The van der Waals surface area contributed by atoms with E-state index in [2.05, 4.69) is 14.9 Å². The molecule has 1 saturated heterocycles. The summed E-state index contributed by atoms with van der Waals surface area (Å²) in [6.07, 6.45) is 1.61. The van der Waals surface area contributed by atoms with Gasteiger partial charge in [0, 0.05) is 38.1 Å². The highest BCUT2D eigenvalue weighted by atomic mass is 32.1. The lowest BCUT2D eigenvalue weighted by Crippen LogP contribution is -2.49. The van der Waals surface area contributed by atoms with E-state index in [1.165, 1.54) is 11.3 Å². The van der Waals surface area contributed by atoms with E-state index in [4.69, 9.17) is 9.15 Å². The molecule has 3 aromatic heterocycles. The number of aryl methyl sites for hydroxylation is 2. The van der Waals surface area contributed by atoms with Crippen molar-refractivity contribution in [1.82, 2.24) is 19.8 Å². The number of carbonyl (C=O) groups excluding carboxylic acids is 1. The van der Waals surface area contributed by atoms with Gasteiger partial charge in [-0.3, -0.25) is 9.69 Å². The first kappa shape index (κ1) is 21.6. The molecule has 7 nitrogen and oxygen atoms in total. The van der Waals surface area contributed by atoms with Crippen molar-refractivity contribution in [3.63, 3.8) is 0 Å². The third-order valence-electron chi connectivity index (χ3n) is 5.99. The standard InChI is InChI=1S/C25H26N4O3S/c1-17-21-18(2)26-23(20-9-6-15-32-20)27-24(21)33-22(17)25(30)29-12-10-28(11-13-29)14-16-31-19-7-4-3-5-8-19/h3-9,15H,10-14,16H2,1-2H3. The largest absolute Gasteiger partial charge is 0.492 e. The average molecular weight is 463 g/mol. The normalized spacial score (nSPS) is 14.7. The van der Waals surface area contributed by atoms with E-state index in [-0.39, 0.29) is 5.91 Å². The monoisotopic (exact) mass is 462 g/mol. The van der Waals surface area contributed by atoms with Crippen molar-refractivity contribution >= 4 is 27.5 Å². The molecule has 0 spiro atoms. The summed E-state index contributed by atoms with van der Waals surface area (Å²) in [5, 5.41) is 0.968. The van der Waals surface area contributed by atoms with Crippen LogP contribution < -0.4 is 4.74 Å². The lowest BCUT2D eigenvalue weighted by atomic mass is 10.1. The van der Waals surface area contributed by atoms with E-state index in [1.807, 2.05) is 61.2 Å². The number of piperazine rings is 1. The Morgan fingerprint density at radius 1 is 1.06 bits per heavy atom. The number of rotatable bonds is 6. The van der Waals surface area contributed by atoms with E-state index < -0.39 is 0 Å². The maximum atomic E-state index is 13.3. The smallest absolute Gasteiger partial charge is 0.264 e. The van der Waals surface area contributed by atoms with Gasteiger partial charge in [-0.25, -0.2) is 9.97 Å². The molecule has 8 heteroatoms. The Labute approximate surface area is 196 Å². The second-order valence-electron chi connectivity index (χ2n) is 8.14. The van der Waals surface area contributed by atoms with Gasteiger partial charge in [-0.15, -0.1) is 11.3 Å². The number of thiophene rings is 1. The highest BCUT2D eigenvalue weighted by Gasteiger charge is 2.26. The van der Waals surface area contributed by atoms with Crippen LogP contribution >= 0.6 is 11.3 Å². The number of carbonyl (C=O) groups is 1. The van der Waals surface area contributed by atoms with Gasteiger partial charge in [0.2, 0.25) is 0 Å². The molecule has 0 aliphatic carbocycles. The molecule has 1 aliphatic rings. The molecule has 4 heterocycles. The van der Waals surface area contributed by atoms with Crippen LogP contribution in [0, 0.1) is 13.8 Å². The Bertz CT molecular complexity index is 1250. The zero-order valence-electron chi connectivity index (χ0n) is 18.8. The predicted octanol–water partition coefficient (Wildman–Crippen LogP) is 4.40. The molecule has 5 rings (SSSR count). The Hall–Kier alpha value is -3.23. The van der Waals surface area contributed by atoms with Gasteiger partial charge >= 0.3 is 0 Å². The Morgan fingerprint density at radius 2 is 1.85 bits per heavy atom. The maximum Gasteiger partial charge on any atom is 0.264 e. The topological polar surface area (TPSA) is 71.7 Å². The van der Waals surface area contributed by atoms with Gasteiger partial charge in [0.15, 0.2) is 11.6 Å². The number of para-hydroxylation sites is 1. The van der Waals surface area contributed by atoms with Crippen molar-refractivity contribution in [1.29, 1.82) is 0 Å². The Morgan fingerprint density at radius 3 is 2.58 bits per heavy atom. The zero-order valence-corrected chi connectivity index (χ0v) is 19.6. The molecule has 1 aromatic carbocycles. The number of fused-ring (bicyclic) bond motifs is 1. The van der Waals surface area contributed by atoms with Crippen LogP contribution in [0.4, 0.5) is 0 Å². The first-order chi connectivity index (χ1) is 16.1. The van der Waals surface area contributed by atoms with E-state index in [1.54, 1.807) is 6.26 Å². The van der Waals surface area contributed by atoms with Gasteiger partial charge < -0.3 is 14.1 Å². The SMILES string of the molecule is Cc1nc(-c2ccco2)nc2sc(C(=O)N3CCN(CCOc4ccccc4)CC3)c(C)c12. The van der Waals surface area contributed by atoms with Gasteiger partial charge in [0.1, 0.15) is 17.2 Å². The first-order valence-corrected chi connectivity index (χ1v) is 11.9. The summed E-state index contributed by atoms with van der Waals surface area (Å²) in [7, 11) is 0. The number of hydrogen-bond donors (Lipinski definition) is 0. The number of amides is 1. The van der Waals surface area contributed by atoms with Gasteiger partial charge in [-0.05, 0) is 43.7 Å². The molecule has 0 atom stereocenters. The molecule has 0 radical (unpaired) electrons. The third kappa shape index (κ3) is 4.49. The fraction of sp³-hybridized carbons (Fsp3) is 0.320. The molecule has 170 valence electrons. The van der Waals surface area contributed by atoms with Gasteiger partial charge in [-0.1, -0.05) is 18.2 Å². The summed E-state index contributed by atoms with van der Waals surface area (Å²) in [5.74, 6) is 2.15. The minimum absolute atomic E-state index is 0.0784. The highest BCUT2D eigenvalue weighted by molar-refractivity contribution is 7.20. The van der Waals surface area contributed by atoms with Crippen LogP contribution in [0.15, 0.2) is 53.1 Å². The van der Waals surface area contributed by atoms with Crippen molar-refractivity contribution in [2.75, 3.05) is 39.3 Å². The van der Waals surface area contributed by atoms with Crippen LogP contribution in [-0.2, 0) is 0 Å². The number of hydrogen-bond acceptors (Lipinski definition) is 7. The molecule has 0 N–H and O–H groups in total. The van der Waals surface area contributed by atoms with Crippen LogP contribution in [0.3, 0.4) is 0 Å². The fourth-order valence-corrected chi connectivity index (χ4v) is 5.39. The van der Waals surface area contributed by atoms with Crippen molar-refractivity contribution in [2.24, 2.45) is 0 Å². The molecule has 33 heavy (non-hydrogen) atoms. The summed E-state index contributed by atoms with van der Waals surface area (Å²) in [5.41, 5.74) is 1.82. The van der Waals surface area contributed by atoms with Crippen molar-refractivity contribution in [3.8, 4) is 17.3 Å². The second-order valence-corrected chi connectivity index (χ2v) is 9.14. The maximum absolute atomic E-state index is 13.3. The third-order valence-corrected chi connectivity index (χ3v) is 7.16. The molecule has 1 fully saturated rings. The molecule has 1 amide bonds. The molecule has 0 bridgehead atoms. The molecule has 4 aromatic rings. The number of aromatic nitrogens is 2. The van der Waals surface area contributed by atoms with E-state index in [0.717, 1.165) is 51.7 Å². The molecule has 0 unspecified atom stereocenters. The molecule has 1 aliphatic heterocycles. The summed E-state index contributed by atoms with van der Waals surface area (Å²) in [4.78, 5) is 28.5. The lowest BCUT2D eigenvalue weighted by molar-refractivity contribution is 0.0624. The Kier molecular flexibility index (Phi) is 6.11. The van der Waals surface area contributed by atoms with Crippen LogP contribution in [0.2, 0.25) is 0 Å². The zero-order chi connectivity index (χ0) is 22.8. The minimum atomic E-state index is 0.0784. The number of ether oxygens (including phenoxy) is 1. The predicted molar refractivity (Wildman–Crippen MR) is 129 cm³/mol. The fourth-order valence-electron chi connectivity index (χ4n) is 4.19. The Balaban J connectivity index is 1.24. The quantitative estimate of drug-likeness (QED) is 0.423. The molecular formula is C25H26N4O3S. The van der Waals surface area contributed by atoms with Crippen LogP contribution in [0.5, 0.6) is 5.75 Å². The van der Waals surface area contributed by atoms with Crippen molar-refractivity contribution in [3.05, 3.63) is 64.9 Å². The molecule has 0 saturated carbocycles. The van der Waals surface area contributed by atoms with Crippen LogP contribution in [0.1, 0.15) is 20.9 Å². The number of benzene rings is 1. The highest BCUT2D eigenvalue weighted by Crippen LogP contribution is 2.33. The lowest BCUT2D eigenvalue weighted by Gasteiger charge is -2.34. The number of nitrogens with zero attached hydrogens (tertiary/aromatic N) is 4. The summed E-state index contributed by atoms with van der Waals surface area (Å²) in [6, 6.07) is 13.5. The second kappa shape index (κ2) is 9.33. The van der Waals surface area contributed by atoms with Crippen molar-refractivity contribution < 1.29 is 13.9 Å². The van der Waals surface area contributed by atoms with Gasteiger partial charge in [-0.2, -0.15) is 0 Å². The van der Waals surface area contributed by atoms with Crippen molar-refractivity contribution in [2.45, 2.75) is 13.8 Å². The number of furan rings is 1. The van der Waals surface area contributed by atoms with E-state index >= 15 is 0 Å².